The maximum absolute atomic E-state index is 5.58. The number of anilines is 1. The fourth-order valence-corrected chi connectivity index (χ4v) is 1.70. The minimum Gasteiger partial charge on any atom is -0.371 e. The molecule has 84 valence electrons. The number of nitrogens with zero attached hydrogens (tertiary/aromatic N) is 1. The van der Waals surface area contributed by atoms with Crippen LogP contribution < -0.4 is 10.6 Å². The van der Waals surface area contributed by atoms with Crippen molar-refractivity contribution < 1.29 is 0 Å². The molecular formula is C13H22N2. The van der Waals surface area contributed by atoms with Gasteiger partial charge in [-0.3, -0.25) is 0 Å². The molecule has 0 atom stereocenters. The molecule has 2 heteroatoms. The number of nitrogens with two attached hydrogens (primary N) is 1. The highest BCUT2D eigenvalue weighted by Gasteiger charge is 2.03. The third-order valence-corrected chi connectivity index (χ3v) is 2.71. The van der Waals surface area contributed by atoms with Gasteiger partial charge in [0.05, 0.1) is 0 Å². The second-order valence-electron chi connectivity index (χ2n) is 4.11. The maximum atomic E-state index is 5.58. The topological polar surface area (TPSA) is 29.3 Å². The average Bonchev–Trinajstić information content (AvgIpc) is 2.26. The molecule has 1 aromatic rings. The van der Waals surface area contributed by atoms with Crippen LogP contribution in [0.5, 0.6) is 0 Å². The van der Waals surface area contributed by atoms with Crippen LogP contribution in [0.2, 0.25) is 0 Å². The van der Waals surface area contributed by atoms with Gasteiger partial charge < -0.3 is 10.6 Å². The Morgan fingerprint density at radius 1 is 1.20 bits per heavy atom. The zero-order valence-corrected chi connectivity index (χ0v) is 10.0. The molecule has 2 nitrogen and oxygen atoms in total. The van der Waals surface area contributed by atoms with E-state index in [0.29, 0.717) is 12.5 Å². The molecule has 0 aliphatic rings. The van der Waals surface area contributed by atoms with Crippen molar-refractivity contribution in [2.24, 2.45) is 5.73 Å². The van der Waals surface area contributed by atoms with Crippen LogP contribution in [0.25, 0.3) is 0 Å². The van der Waals surface area contributed by atoms with Crippen molar-refractivity contribution in [3.63, 3.8) is 0 Å². The zero-order chi connectivity index (χ0) is 11.3. The van der Waals surface area contributed by atoms with Gasteiger partial charge in [-0.05, 0) is 30.5 Å². The summed E-state index contributed by atoms with van der Waals surface area (Å²) in [6, 6.07) is 8.79. The maximum Gasteiger partial charge on any atom is 0.0366 e. The Bertz CT molecular complexity index is 277. The Morgan fingerprint density at radius 3 is 2.20 bits per heavy atom. The third kappa shape index (κ3) is 3.24. The standard InChI is InChI=1S/C13H22N2/c1-4-15(10-9-14)13-7-5-12(6-8-13)11(2)3/h5-8,11H,4,9-10,14H2,1-3H3. The van der Waals surface area contributed by atoms with Crippen LogP contribution in [0.1, 0.15) is 32.3 Å². The molecule has 2 N–H and O–H groups in total. The van der Waals surface area contributed by atoms with E-state index in [1.165, 1.54) is 11.3 Å². The van der Waals surface area contributed by atoms with Gasteiger partial charge in [0.2, 0.25) is 0 Å². The molecule has 0 bridgehead atoms. The summed E-state index contributed by atoms with van der Waals surface area (Å²) in [6.45, 7) is 9.24. The van der Waals surface area contributed by atoms with E-state index in [9.17, 15) is 0 Å². The monoisotopic (exact) mass is 206 g/mol. The van der Waals surface area contributed by atoms with Gasteiger partial charge in [0.1, 0.15) is 0 Å². The molecular weight excluding hydrogens is 184 g/mol. The van der Waals surface area contributed by atoms with Crippen molar-refractivity contribution in [1.82, 2.24) is 0 Å². The summed E-state index contributed by atoms with van der Waals surface area (Å²) >= 11 is 0. The van der Waals surface area contributed by atoms with Crippen LogP contribution in [0.15, 0.2) is 24.3 Å². The minimum absolute atomic E-state index is 0.601. The van der Waals surface area contributed by atoms with E-state index in [1.54, 1.807) is 0 Å². The lowest BCUT2D eigenvalue weighted by Crippen LogP contribution is -2.28. The van der Waals surface area contributed by atoms with Crippen molar-refractivity contribution in [3.8, 4) is 0 Å². The lowest BCUT2D eigenvalue weighted by Gasteiger charge is -2.22. The van der Waals surface area contributed by atoms with E-state index in [0.717, 1.165) is 13.1 Å². The summed E-state index contributed by atoms with van der Waals surface area (Å²) in [5.74, 6) is 0.601. The van der Waals surface area contributed by atoms with E-state index < -0.39 is 0 Å². The van der Waals surface area contributed by atoms with Crippen LogP contribution in [-0.2, 0) is 0 Å². The normalized spacial score (nSPS) is 10.7. The highest BCUT2D eigenvalue weighted by Crippen LogP contribution is 2.19. The van der Waals surface area contributed by atoms with Crippen molar-refractivity contribution in [1.29, 1.82) is 0 Å². The Kier molecular flexibility index (Phi) is 4.63. The Labute approximate surface area is 93.1 Å². The first-order chi connectivity index (χ1) is 7.19. The lowest BCUT2D eigenvalue weighted by atomic mass is 10.0. The Balaban J connectivity index is 2.77. The zero-order valence-electron chi connectivity index (χ0n) is 10.0. The van der Waals surface area contributed by atoms with Crippen molar-refractivity contribution in [2.45, 2.75) is 26.7 Å². The second kappa shape index (κ2) is 5.76. The number of benzene rings is 1. The fraction of sp³-hybridized carbons (Fsp3) is 0.538. The largest absolute Gasteiger partial charge is 0.371 e. The summed E-state index contributed by atoms with van der Waals surface area (Å²) in [5, 5.41) is 0. The number of hydrogen-bond donors (Lipinski definition) is 1. The molecule has 1 aromatic carbocycles. The lowest BCUT2D eigenvalue weighted by molar-refractivity contribution is 0.814. The molecule has 15 heavy (non-hydrogen) atoms. The quantitative estimate of drug-likeness (QED) is 0.802. The van der Waals surface area contributed by atoms with E-state index >= 15 is 0 Å². The van der Waals surface area contributed by atoms with E-state index in [-0.39, 0.29) is 0 Å². The highest BCUT2D eigenvalue weighted by atomic mass is 15.1. The van der Waals surface area contributed by atoms with Gasteiger partial charge in [-0.25, -0.2) is 0 Å². The Morgan fingerprint density at radius 2 is 1.80 bits per heavy atom. The summed E-state index contributed by atoms with van der Waals surface area (Å²) < 4.78 is 0. The van der Waals surface area contributed by atoms with Gasteiger partial charge in [-0.1, -0.05) is 26.0 Å². The molecule has 1 rings (SSSR count). The number of hydrogen-bond acceptors (Lipinski definition) is 2. The number of rotatable bonds is 5. The second-order valence-corrected chi connectivity index (χ2v) is 4.11. The molecule has 0 fully saturated rings. The van der Waals surface area contributed by atoms with Gasteiger partial charge in [0.15, 0.2) is 0 Å². The molecule has 0 unspecified atom stereocenters. The van der Waals surface area contributed by atoms with E-state index in [4.69, 9.17) is 5.73 Å². The van der Waals surface area contributed by atoms with Gasteiger partial charge in [0.25, 0.3) is 0 Å². The molecule has 0 amide bonds. The van der Waals surface area contributed by atoms with Crippen molar-refractivity contribution >= 4 is 5.69 Å². The molecule has 0 spiro atoms. The van der Waals surface area contributed by atoms with Gasteiger partial charge >= 0.3 is 0 Å². The van der Waals surface area contributed by atoms with Crippen LogP contribution >= 0.6 is 0 Å². The summed E-state index contributed by atoms with van der Waals surface area (Å²) in [4.78, 5) is 2.30. The van der Waals surface area contributed by atoms with Crippen LogP contribution in [0, 0.1) is 0 Å². The molecule has 0 aliphatic carbocycles. The third-order valence-electron chi connectivity index (χ3n) is 2.71. The van der Waals surface area contributed by atoms with Gasteiger partial charge in [-0.2, -0.15) is 0 Å². The van der Waals surface area contributed by atoms with Crippen LogP contribution in [-0.4, -0.2) is 19.6 Å². The van der Waals surface area contributed by atoms with Gasteiger partial charge in [0, 0.05) is 25.3 Å². The van der Waals surface area contributed by atoms with Gasteiger partial charge in [-0.15, -0.1) is 0 Å². The predicted molar refractivity (Wildman–Crippen MR) is 67.5 cm³/mol. The Hall–Kier alpha value is -1.02. The van der Waals surface area contributed by atoms with Crippen LogP contribution in [0.4, 0.5) is 5.69 Å². The summed E-state index contributed by atoms with van der Waals surface area (Å²) in [6.07, 6.45) is 0. The molecule has 0 saturated heterocycles. The first kappa shape index (κ1) is 12.1. The van der Waals surface area contributed by atoms with Crippen LogP contribution in [0.3, 0.4) is 0 Å². The molecule has 0 aromatic heterocycles. The first-order valence-electron chi connectivity index (χ1n) is 5.74. The minimum atomic E-state index is 0.601. The first-order valence-corrected chi connectivity index (χ1v) is 5.74. The summed E-state index contributed by atoms with van der Waals surface area (Å²) in [7, 11) is 0. The average molecular weight is 206 g/mol. The van der Waals surface area contributed by atoms with Crippen molar-refractivity contribution in [2.75, 3.05) is 24.5 Å². The molecule has 0 saturated carbocycles. The van der Waals surface area contributed by atoms with E-state index in [1.807, 2.05) is 0 Å². The van der Waals surface area contributed by atoms with E-state index in [2.05, 4.69) is 49.9 Å². The molecule has 0 heterocycles. The predicted octanol–water partition coefficient (Wildman–Crippen LogP) is 2.60. The highest BCUT2D eigenvalue weighted by molar-refractivity contribution is 5.47. The molecule has 0 radical (unpaired) electrons. The SMILES string of the molecule is CCN(CCN)c1ccc(C(C)C)cc1. The fourth-order valence-electron chi connectivity index (χ4n) is 1.70. The van der Waals surface area contributed by atoms with Crippen molar-refractivity contribution in [3.05, 3.63) is 29.8 Å². The smallest absolute Gasteiger partial charge is 0.0366 e. The summed E-state index contributed by atoms with van der Waals surface area (Å²) in [5.41, 5.74) is 8.24. The molecule has 0 aliphatic heterocycles. The number of likely N-dealkylation sites (N-methyl/N-ethyl adjacent to an activating group) is 1.